The van der Waals surface area contributed by atoms with Crippen LogP contribution < -0.4 is 14.8 Å². The maximum atomic E-state index is 13.4. The minimum absolute atomic E-state index is 0.0995. The van der Waals surface area contributed by atoms with Crippen LogP contribution in [0, 0.1) is 12.3 Å². The summed E-state index contributed by atoms with van der Waals surface area (Å²) in [6, 6.07) is 12.8. The number of hydrogen-bond acceptors (Lipinski definition) is 6. The molecule has 1 atom stereocenters. The molecule has 0 bridgehead atoms. The van der Waals surface area contributed by atoms with E-state index in [2.05, 4.69) is 11.2 Å². The van der Waals surface area contributed by atoms with Crippen LogP contribution in [0.2, 0.25) is 0 Å². The number of carbonyl (C=O) groups is 2. The zero-order valence-corrected chi connectivity index (χ0v) is 18.2. The lowest BCUT2D eigenvalue weighted by Gasteiger charge is -2.29. The van der Waals surface area contributed by atoms with Gasteiger partial charge in [-0.1, -0.05) is 36.3 Å². The highest BCUT2D eigenvalue weighted by atomic mass is 16.5. The van der Waals surface area contributed by atoms with Crippen molar-refractivity contribution < 1.29 is 23.8 Å². The molecule has 0 aromatic heterocycles. The Morgan fingerprint density at radius 1 is 1.12 bits per heavy atom. The van der Waals surface area contributed by atoms with Gasteiger partial charge in [-0.25, -0.2) is 4.79 Å². The first-order chi connectivity index (χ1) is 15.5. The van der Waals surface area contributed by atoms with Gasteiger partial charge in [0, 0.05) is 28.3 Å². The summed E-state index contributed by atoms with van der Waals surface area (Å²) in [5.41, 5.74) is 4.38. The number of Topliss-reactive ketones (excluding diaryl/α,β-unsaturated/α-hetero) is 1. The number of methoxy groups -OCH3 is 1. The topological polar surface area (TPSA) is 73.9 Å². The Morgan fingerprint density at radius 3 is 2.56 bits per heavy atom. The lowest BCUT2D eigenvalue weighted by Crippen LogP contribution is -2.29. The maximum Gasteiger partial charge on any atom is 0.336 e. The van der Waals surface area contributed by atoms with Crippen molar-refractivity contribution in [3.05, 3.63) is 76.0 Å². The van der Waals surface area contributed by atoms with Crippen molar-refractivity contribution >= 4 is 17.4 Å². The number of ether oxygens (including phenoxy) is 3. The molecule has 2 aliphatic rings. The van der Waals surface area contributed by atoms with E-state index in [1.54, 1.807) is 18.2 Å². The standard InChI is InChI=1S/C26H23NO5/c1-5-13-32-19-12-11-16(14-20(19)31-6-2)22-21(26(29)30-4)15(3)27-24-17-9-7-8-10-18(17)25(28)23(22)24/h1,7-12,14,22,27H,6,13H2,2-4H3/t22-/m0/s1. The Labute approximate surface area is 186 Å². The second-order valence-corrected chi connectivity index (χ2v) is 7.38. The van der Waals surface area contributed by atoms with E-state index in [4.69, 9.17) is 20.6 Å². The summed E-state index contributed by atoms with van der Waals surface area (Å²) >= 11 is 0. The summed E-state index contributed by atoms with van der Waals surface area (Å²) in [6.45, 7) is 4.19. The number of nitrogens with one attached hydrogen (secondary N) is 1. The van der Waals surface area contributed by atoms with Crippen LogP contribution in [0.5, 0.6) is 11.5 Å². The van der Waals surface area contributed by atoms with E-state index in [-0.39, 0.29) is 12.4 Å². The molecule has 1 aliphatic carbocycles. The summed E-state index contributed by atoms with van der Waals surface area (Å²) in [4.78, 5) is 26.3. The molecule has 1 aliphatic heterocycles. The van der Waals surface area contributed by atoms with Gasteiger partial charge in [0.25, 0.3) is 0 Å². The van der Waals surface area contributed by atoms with Gasteiger partial charge in [0.1, 0.15) is 6.61 Å². The highest BCUT2D eigenvalue weighted by molar-refractivity contribution is 6.23. The van der Waals surface area contributed by atoms with Crippen LogP contribution in [0.3, 0.4) is 0 Å². The molecule has 6 heteroatoms. The highest BCUT2D eigenvalue weighted by Gasteiger charge is 2.43. The minimum atomic E-state index is -0.625. The van der Waals surface area contributed by atoms with Crippen LogP contribution in [-0.2, 0) is 9.53 Å². The number of dihydropyridines is 1. The Hall–Kier alpha value is -3.98. The number of fused-ring (bicyclic) bond motifs is 2. The van der Waals surface area contributed by atoms with E-state index in [1.807, 2.05) is 38.1 Å². The fraction of sp³-hybridized carbons (Fsp3) is 0.231. The Morgan fingerprint density at radius 2 is 1.88 bits per heavy atom. The normalized spacial score (nSPS) is 16.7. The molecule has 4 rings (SSSR count). The van der Waals surface area contributed by atoms with Crippen molar-refractivity contribution in [3.8, 4) is 23.8 Å². The highest BCUT2D eigenvalue weighted by Crippen LogP contribution is 2.47. The van der Waals surface area contributed by atoms with Crippen molar-refractivity contribution in [3.63, 3.8) is 0 Å². The molecule has 32 heavy (non-hydrogen) atoms. The number of ketones is 1. The molecular weight excluding hydrogens is 406 g/mol. The third-order valence-electron chi connectivity index (χ3n) is 5.57. The molecule has 1 heterocycles. The predicted molar refractivity (Wildman–Crippen MR) is 120 cm³/mol. The second kappa shape index (κ2) is 8.64. The van der Waals surface area contributed by atoms with Gasteiger partial charge in [0.2, 0.25) is 0 Å². The van der Waals surface area contributed by atoms with Gasteiger partial charge < -0.3 is 19.5 Å². The van der Waals surface area contributed by atoms with Crippen molar-refractivity contribution in [1.82, 2.24) is 5.32 Å². The van der Waals surface area contributed by atoms with Gasteiger partial charge in [-0.3, -0.25) is 4.79 Å². The van der Waals surface area contributed by atoms with Gasteiger partial charge in [-0.05, 0) is 31.5 Å². The molecule has 6 nitrogen and oxygen atoms in total. The fourth-order valence-electron chi connectivity index (χ4n) is 4.25. The first kappa shape index (κ1) is 21.3. The molecule has 2 aromatic carbocycles. The maximum absolute atomic E-state index is 13.4. The third-order valence-corrected chi connectivity index (χ3v) is 5.57. The zero-order chi connectivity index (χ0) is 22.8. The van der Waals surface area contributed by atoms with Crippen molar-refractivity contribution in [2.24, 2.45) is 0 Å². The Bertz CT molecular complexity index is 1210. The Kier molecular flexibility index (Phi) is 5.74. The lowest BCUT2D eigenvalue weighted by molar-refractivity contribution is -0.136. The molecule has 162 valence electrons. The number of terminal acetylenes is 1. The first-order valence-electron chi connectivity index (χ1n) is 10.3. The molecule has 0 amide bonds. The van der Waals surface area contributed by atoms with Gasteiger partial charge in [-0.15, -0.1) is 6.42 Å². The van der Waals surface area contributed by atoms with E-state index in [0.29, 0.717) is 46.2 Å². The van der Waals surface area contributed by atoms with Gasteiger partial charge in [0.15, 0.2) is 17.3 Å². The molecule has 0 saturated carbocycles. The smallest absolute Gasteiger partial charge is 0.336 e. The first-order valence-corrected chi connectivity index (χ1v) is 10.3. The quantitative estimate of drug-likeness (QED) is 0.556. The molecule has 0 spiro atoms. The lowest BCUT2D eigenvalue weighted by atomic mass is 9.79. The van der Waals surface area contributed by atoms with Crippen LogP contribution in [0.1, 0.15) is 41.3 Å². The fourth-order valence-corrected chi connectivity index (χ4v) is 4.25. The summed E-state index contributed by atoms with van der Waals surface area (Å²) in [6.07, 6.45) is 5.32. The van der Waals surface area contributed by atoms with E-state index >= 15 is 0 Å². The SMILES string of the molecule is C#CCOc1ccc([C@H]2C(C(=O)OC)=C(C)NC3=C2C(=O)c2ccccc23)cc1OCC. The zero-order valence-electron chi connectivity index (χ0n) is 18.2. The Balaban J connectivity index is 1.90. The van der Waals surface area contributed by atoms with Gasteiger partial charge in [-0.2, -0.15) is 0 Å². The summed E-state index contributed by atoms with van der Waals surface area (Å²) in [5.74, 6) is 2.19. The van der Waals surface area contributed by atoms with Crippen LogP contribution >= 0.6 is 0 Å². The number of hydrogen-bond donors (Lipinski definition) is 1. The van der Waals surface area contributed by atoms with Crippen LogP contribution in [-0.4, -0.2) is 32.1 Å². The molecule has 2 aromatic rings. The monoisotopic (exact) mass is 429 g/mol. The predicted octanol–water partition coefficient (Wildman–Crippen LogP) is 3.84. The minimum Gasteiger partial charge on any atom is -0.490 e. The second-order valence-electron chi connectivity index (χ2n) is 7.38. The summed E-state index contributed by atoms with van der Waals surface area (Å²) in [7, 11) is 1.33. The molecule has 1 N–H and O–H groups in total. The van der Waals surface area contributed by atoms with Crippen molar-refractivity contribution in [1.29, 1.82) is 0 Å². The number of carbonyl (C=O) groups excluding carboxylic acids is 2. The van der Waals surface area contributed by atoms with Crippen LogP contribution in [0.15, 0.2) is 59.3 Å². The average molecular weight is 429 g/mol. The number of esters is 1. The van der Waals surface area contributed by atoms with E-state index in [1.165, 1.54) is 7.11 Å². The number of rotatable bonds is 6. The molecule has 0 unspecified atom stereocenters. The van der Waals surface area contributed by atoms with Gasteiger partial charge >= 0.3 is 5.97 Å². The average Bonchev–Trinajstić information content (AvgIpc) is 3.09. The van der Waals surface area contributed by atoms with Gasteiger partial charge in [0.05, 0.1) is 25.0 Å². The van der Waals surface area contributed by atoms with Crippen LogP contribution in [0.25, 0.3) is 5.70 Å². The van der Waals surface area contributed by atoms with E-state index < -0.39 is 11.9 Å². The molecule has 0 saturated heterocycles. The van der Waals surface area contributed by atoms with E-state index in [0.717, 1.165) is 11.1 Å². The van der Waals surface area contributed by atoms with E-state index in [9.17, 15) is 9.59 Å². The number of benzene rings is 2. The molecular formula is C26H23NO5. The summed E-state index contributed by atoms with van der Waals surface area (Å²) in [5, 5.41) is 3.27. The van der Waals surface area contributed by atoms with Crippen molar-refractivity contribution in [2.75, 3.05) is 20.3 Å². The number of allylic oxidation sites excluding steroid dienone is 2. The molecule has 0 fully saturated rings. The summed E-state index contributed by atoms with van der Waals surface area (Å²) < 4.78 is 16.5. The van der Waals surface area contributed by atoms with Crippen LogP contribution in [0.4, 0.5) is 0 Å². The largest absolute Gasteiger partial charge is 0.490 e. The van der Waals surface area contributed by atoms with Crippen molar-refractivity contribution in [2.45, 2.75) is 19.8 Å². The molecule has 0 radical (unpaired) electrons. The third kappa shape index (κ3) is 3.42.